The van der Waals surface area contributed by atoms with Crippen molar-refractivity contribution in [2.45, 2.75) is 57.1 Å². The molecule has 2 rings (SSSR count). The van der Waals surface area contributed by atoms with Gasteiger partial charge in [0.15, 0.2) is 0 Å². The number of nitrogens with one attached hydrogen (secondary N) is 1. The van der Waals surface area contributed by atoms with Gasteiger partial charge in [-0.2, -0.15) is 8.42 Å². The van der Waals surface area contributed by atoms with Crippen LogP contribution in [0.15, 0.2) is 48.6 Å². The second-order valence-corrected chi connectivity index (χ2v) is 9.74. The zero-order valence-corrected chi connectivity index (χ0v) is 21.0. The fourth-order valence-electron chi connectivity index (χ4n) is 3.28. The summed E-state index contributed by atoms with van der Waals surface area (Å²) in [6.07, 6.45) is 2.02. The van der Waals surface area contributed by atoms with Gasteiger partial charge >= 0.3 is 16.3 Å². The number of aliphatic hydroxyl groups is 2. The number of aliphatic hydroxyl groups excluding tert-OH is 2. The maximum Gasteiger partial charge on any atom is 0.362 e. The van der Waals surface area contributed by atoms with Gasteiger partial charge in [-0.15, -0.1) is 0 Å². The Morgan fingerprint density at radius 1 is 1.17 bits per heavy atom. The Labute approximate surface area is 211 Å². The summed E-state index contributed by atoms with van der Waals surface area (Å²) in [6, 6.07) is 8.48. The van der Waals surface area contributed by atoms with Crippen LogP contribution in [0.1, 0.15) is 32.3 Å². The number of amides is 1. The highest BCUT2D eigenvalue weighted by Crippen LogP contribution is 2.24. The van der Waals surface area contributed by atoms with Gasteiger partial charge in [0.05, 0.1) is 25.4 Å². The Kier molecular flexibility index (Phi) is 11.7. The van der Waals surface area contributed by atoms with Crippen molar-refractivity contribution < 1.29 is 41.9 Å². The number of carbonyl (C=O) groups is 2. The average molecular weight is 527 g/mol. The summed E-state index contributed by atoms with van der Waals surface area (Å²) in [5.74, 6) is -1.76. The van der Waals surface area contributed by atoms with E-state index in [9.17, 15) is 28.2 Å². The van der Waals surface area contributed by atoms with Crippen molar-refractivity contribution >= 4 is 28.3 Å². The normalized spacial score (nSPS) is 24.1. The molecule has 1 aromatic carbocycles. The topological polar surface area (TPSA) is 174 Å². The molecule has 0 saturated carbocycles. The first kappa shape index (κ1) is 29.6. The van der Waals surface area contributed by atoms with Gasteiger partial charge in [-0.05, 0) is 11.5 Å². The van der Waals surface area contributed by atoms with Crippen LogP contribution in [-0.2, 0) is 33.6 Å². The fourth-order valence-corrected chi connectivity index (χ4v) is 4.04. The van der Waals surface area contributed by atoms with Crippen LogP contribution >= 0.6 is 0 Å². The van der Waals surface area contributed by atoms with E-state index in [0.29, 0.717) is 6.42 Å². The molecule has 11 nitrogen and oxygen atoms in total. The third-order valence-corrected chi connectivity index (χ3v) is 6.61. The minimum absolute atomic E-state index is 0.0570. The summed E-state index contributed by atoms with van der Waals surface area (Å²) in [5.41, 5.74) is 6.68. The van der Waals surface area contributed by atoms with Gasteiger partial charge < -0.3 is 25.4 Å². The van der Waals surface area contributed by atoms with E-state index in [1.165, 1.54) is 12.2 Å². The number of esters is 1. The van der Waals surface area contributed by atoms with E-state index in [1.807, 2.05) is 43.3 Å². The average Bonchev–Trinajstić information content (AvgIpc) is 3.12. The highest BCUT2D eigenvalue weighted by Gasteiger charge is 2.43. The van der Waals surface area contributed by atoms with E-state index in [-0.39, 0.29) is 18.9 Å². The molecule has 36 heavy (non-hydrogen) atoms. The number of hydrogen-bond acceptors (Lipinski definition) is 10. The maximum absolute atomic E-state index is 12.0. The minimum atomic E-state index is -4.51. The highest BCUT2D eigenvalue weighted by atomic mass is 32.2. The Hall–Kier alpha value is -2.61. The molecule has 0 aromatic heterocycles. The van der Waals surface area contributed by atoms with Crippen LogP contribution in [0.25, 0.3) is 6.08 Å². The fraction of sp³-hybridized carbons (Fsp3) is 0.500. The van der Waals surface area contributed by atoms with Crippen LogP contribution in [0.5, 0.6) is 0 Å². The first-order valence-electron chi connectivity index (χ1n) is 11.6. The number of allylic oxidation sites excluding steroid dienone is 2. The second kappa shape index (κ2) is 14.2. The third-order valence-electron chi connectivity index (χ3n) is 5.71. The van der Waals surface area contributed by atoms with E-state index < -0.39 is 59.2 Å². The first-order valence-corrected chi connectivity index (χ1v) is 13.0. The summed E-state index contributed by atoms with van der Waals surface area (Å²) in [6.45, 7) is 2.77. The lowest BCUT2D eigenvalue weighted by atomic mass is 10.00. The van der Waals surface area contributed by atoms with Crippen LogP contribution in [-0.4, -0.2) is 74.2 Å². The lowest BCUT2D eigenvalue weighted by molar-refractivity contribution is -0.139. The zero-order valence-electron chi connectivity index (χ0n) is 20.2. The summed E-state index contributed by atoms with van der Waals surface area (Å²) in [7, 11) is -4.51. The van der Waals surface area contributed by atoms with E-state index in [1.54, 1.807) is 17.7 Å². The number of benzene rings is 1. The van der Waals surface area contributed by atoms with Crippen LogP contribution in [0, 0.1) is 5.92 Å². The molecule has 200 valence electrons. The molecule has 1 amide bonds. The number of rotatable bonds is 13. The Morgan fingerprint density at radius 2 is 1.83 bits per heavy atom. The molecule has 0 aliphatic carbocycles. The molecule has 6 atom stereocenters. The van der Waals surface area contributed by atoms with Crippen LogP contribution in [0.2, 0.25) is 0 Å². The lowest BCUT2D eigenvalue weighted by Crippen LogP contribution is -2.47. The SMILES string of the molecule is CCC(C)C(N)C(=O)NS(=O)(=O)OCC1OC(CCOC(=O)C=CC=Cc2ccccc2)C(O)C1O. The summed E-state index contributed by atoms with van der Waals surface area (Å²) in [4.78, 5) is 23.8. The van der Waals surface area contributed by atoms with Crippen molar-refractivity contribution in [3.63, 3.8) is 0 Å². The van der Waals surface area contributed by atoms with Gasteiger partial charge in [-0.1, -0.05) is 68.8 Å². The van der Waals surface area contributed by atoms with Gasteiger partial charge in [-0.3, -0.25) is 8.98 Å². The molecule has 1 saturated heterocycles. The van der Waals surface area contributed by atoms with Crippen molar-refractivity contribution in [2.75, 3.05) is 13.2 Å². The summed E-state index contributed by atoms with van der Waals surface area (Å²) in [5, 5.41) is 20.3. The Morgan fingerprint density at radius 3 is 2.50 bits per heavy atom. The summed E-state index contributed by atoms with van der Waals surface area (Å²) < 4.78 is 41.1. The standard InChI is InChI=1S/C24H34N2O9S/c1-3-16(2)21(25)24(30)26-36(31,32)34-15-19-23(29)22(28)18(35-19)13-14-33-20(27)12-8-7-11-17-9-5-4-6-10-17/h4-12,16,18-19,21-23,28-29H,3,13-15,25H2,1-2H3,(H,26,30). The van der Waals surface area contributed by atoms with Crippen molar-refractivity contribution in [1.82, 2.24) is 4.72 Å². The number of carbonyl (C=O) groups excluding carboxylic acids is 2. The van der Waals surface area contributed by atoms with E-state index in [4.69, 9.17) is 19.4 Å². The van der Waals surface area contributed by atoms with Gasteiger partial charge in [-0.25, -0.2) is 9.52 Å². The van der Waals surface area contributed by atoms with Gasteiger partial charge in [0, 0.05) is 12.5 Å². The van der Waals surface area contributed by atoms with E-state index in [0.717, 1.165) is 5.56 Å². The predicted octanol–water partition coefficient (Wildman–Crippen LogP) is 0.430. The van der Waals surface area contributed by atoms with Crippen molar-refractivity contribution in [1.29, 1.82) is 0 Å². The molecule has 6 unspecified atom stereocenters. The molecule has 12 heteroatoms. The van der Waals surface area contributed by atoms with Gasteiger partial charge in [0.2, 0.25) is 0 Å². The monoisotopic (exact) mass is 526 g/mol. The quantitative estimate of drug-likeness (QED) is 0.160. The predicted molar refractivity (Wildman–Crippen MR) is 131 cm³/mol. The minimum Gasteiger partial charge on any atom is -0.462 e. The van der Waals surface area contributed by atoms with Crippen molar-refractivity contribution in [3.8, 4) is 0 Å². The summed E-state index contributed by atoms with van der Waals surface area (Å²) >= 11 is 0. The second-order valence-electron chi connectivity index (χ2n) is 8.40. The lowest BCUT2D eigenvalue weighted by Gasteiger charge is -2.18. The largest absolute Gasteiger partial charge is 0.462 e. The number of hydrogen-bond donors (Lipinski definition) is 4. The smallest absolute Gasteiger partial charge is 0.362 e. The van der Waals surface area contributed by atoms with Gasteiger partial charge in [0.1, 0.15) is 18.3 Å². The van der Waals surface area contributed by atoms with Crippen LogP contribution < -0.4 is 10.5 Å². The van der Waals surface area contributed by atoms with E-state index in [2.05, 4.69) is 0 Å². The van der Waals surface area contributed by atoms with Crippen LogP contribution in [0.3, 0.4) is 0 Å². The molecule has 1 fully saturated rings. The molecule has 1 aliphatic heterocycles. The molecule has 0 radical (unpaired) electrons. The number of nitrogens with two attached hydrogens (primary N) is 1. The Bertz CT molecular complexity index is 1010. The maximum atomic E-state index is 12.0. The highest BCUT2D eigenvalue weighted by molar-refractivity contribution is 7.85. The molecule has 1 aliphatic rings. The molecular formula is C24H34N2O9S. The molecular weight excluding hydrogens is 492 g/mol. The van der Waals surface area contributed by atoms with Gasteiger partial charge in [0.25, 0.3) is 5.91 Å². The molecule has 1 aromatic rings. The van der Waals surface area contributed by atoms with Crippen molar-refractivity contribution in [3.05, 3.63) is 54.1 Å². The molecule has 0 bridgehead atoms. The first-order chi connectivity index (χ1) is 17.0. The van der Waals surface area contributed by atoms with Crippen molar-refractivity contribution in [2.24, 2.45) is 11.7 Å². The molecule has 0 spiro atoms. The van der Waals surface area contributed by atoms with E-state index >= 15 is 0 Å². The molecule has 5 N–H and O–H groups in total. The zero-order chi connectivity index (χ0) is 26.7. The number of ether oxygens (including phenoxy) is 2. The third kappa shape index (κ3) is 9.45. The van der Waals surface area contributed by atoms with Crippen LogP contribution in [0.4, 0.5) is 0 Å². The molecule has 1 heterocycles. The Balaban J connectivity index is 1.75.